The van der Waals surface area contributed by atoms with Crippen molar-refractivity contribution in [1.82, 2.24) is 15.1 Å². The minimum atomic E-state index is -0.0436. The van der Waals surface area contributed by atoms with Crippen molar-refractivity contribution in [3.05, 3.63) is 24.3 Å². The fourth-order valence-corrected chi connectivity index (χ4v) is 3.25. The van der Waals surface area contributed by atoms with E-state index < -0.39 is 0 Å². The molecule has 8 heteroatoms. The molecule has 128 valence electrons. The molecule has 3 rings (SSSR count). The van der Waals surface area contributed by atoms with Crippen LogP contribution in [-0.4, -0.2) is 59.8 Å². The smallest absolute Gasteiger partial charge is 0.321 e. The number of carbonyl (C=O) groups excluding carboxylic acids is 1. The summed E-state index contributed by atoms with van der Waals surface area (Å²) in [5, 5.41) is 10.9. The quantitative estimate of drug-likeness (QED) is 0.920. The highest BCUT2D eigenvalue weighted by Gasteiger charge is 2.16. The maximum absolute atomic E-state index is 12.3. The van der Waals surface area contributed by atoms with Gasteiger partial charge in [-0.05, 0) is 36.4 Å². The molecule has 7 nitrogen and oxygen atoms in total. The number of carbonyl (C=O) groups is 1. The van der Waals surface area contributed by atoms with Gasteiger partial charge in [0.2, 0.25) is 5.89 Å². The molecule has 0 radical (unpaired) electrons. The SMILES string of the molecule is CN(C)c1nnc(-c2ccc(NC(=O)N3CCCSCC3)cc2)o1. The second-order valence-electron chi connectivity index (χ2n) is 5.74. The molecule has 2 amide bonds. The van der Waals surface area contributed by atoms with Gasteiger partial charge in [-0.25, -0.2) is 4.79 Å². The number of anilines is 2. The van der Waals surface area contributed by atoms with Crippen molar-refractivity contribution >= 4 is 29.5 Å². The lowest BCUT2D eigenvalue weighted by Crippen LogP contribution is -2.36. The van der Waals surface area contributed by atoms with Crippen molar-refractivity contribution in [2.24, 2.45) is 0 Å². The number of rotatable bonds is 3. The Morgan fingerprint density at radius 1 is 1.21 bits per heavy atom. The van der Waals surface area contributed by atoms with Crippen molar-refractivity contribution in [3.63, 3.8) is 0 Å². The zero-order valence-electron chi connectivity index (χ0n) is 13.9. The van der Waals surface area contributed by atoms with Crippen molar-refractivity contribution in [2.75, 3.05) is 48.9 Å². The molecular weight excluding hydrogens is 326 g/mol. The highest BCUT2D eigenvalue weighted by molar-refractivity contribution is 7.99. The first-order chi connectivity index (χ1) is 11.6. The van der Waals surface area contributed by atoms with E-state index in [2.05, 4.69) is 15.5 Å². The molecule has 24 heavy (non-hydrogen) atoms. The van der Waals surface area contributed by atoms with Gasteiger partial charge in [0, 0.05) is 44.2 Å². The third kappa shape index (κ3) is 4.00. The van der Waals surface area contributed by atoms with Crippen LogP contribution < -0.4 is 10.2 Å². The van der Waals surface area contributed by atoms with Gasteiger partial charge in [-0.2, -0.15) is 11.8 Å². The Hall–Kier alpha value is -2.22. The standard InChI is InChI=1S/C16H21N5O2S/c1-20(2)16-19-18-14(23-16)12-4-6-13(7-5-12)17-15(22)21-8-3-10-24-11-9-21/h4-7H,3,8-11H2,1-2H3,(H,17,22). The van der Waals surface area contributed by atoms with E-state index in [4.69, 9.17) is 4.42 Å². The van der Waals surface area contributed by atoms with Gasteiger partial charge in [-0.3, -0.25) is 0 Å². The summed E-state index contributed by atoms with van der Waals surface area (Å²) < 4.78 is 5.57. The predicted molar refractivity (Wildman–Crippen MR) is 96.6 cm³/mol. The molecule has 1 aliphatic heterocycles. The van der Waals surface area contributed by atoms with E-state index in [1.54, 1.807) is 4.90 Å². The third-order valence-corrected chi connectivity index (χ3v) is 4.74. The summed E-state index contributed by atoms with van der Waals surface area (Å²) in [6.45, 7) is 1.61. The molecule has 0 aliphatic carbocycles. The largest absolute Gasteiger partial charge is 0.403 e. The van der Waals surface area contributed by atoms with E-state index in [1.807, 2.05) is 55.0 Å². The Balaban J connectivity index is 1.64. The summed E-state index contributed by atoms with van der Waals surface area (Å²) in [5.41, 5.74) is 1.58. The Morgan fingerprint density at radius 2 is 2.00 bits per heavy atom. The average Bonchev–Trinajstić information content (AvgIpc) is 2.91. The number of nitrogens with zero attached hydrogens (tertiary/aromatic N) is 4. The Bertz CT molecular complexity index is 678. The molecule has 1 aromatic carbocycles. The molecule has 0 atom stereocenters. The van der Waals surface area contributed by atoms with E-state index in [9.17, 15) is 4.79 Å². The van der Waals surface area contributed by atoms with Gasteiger partial charge in [-0.15, -0.1) is 5.10 Å². The van der Waals surface area contributed by atoms with E-state index in [1.165, 1.54) is 0 Å². The maximum Gasteiger partial charge on any atom is 0.321 e. The number of hydrogen-bond donors (Lipinski definition) is 1. The van der Waals surface area contributed by atoms with Crippen LogP contribution in [0.1, 0.15) is 6.42 Å². The van der Waals surface area contributed by atoms with Gasteiger partial charge in [0.15, 0.2) is 0 Å². The van der Waals surface area contributed by atoms with Crippen LogP contribution in [0.4, 0.5) is 16.5 Å². The summed E-state index contributed by atoms with van der Waals surface area (Å²) in [6.07, 6.45) is 1.04. The van der Waals surface area contributed by atoms with E-state index in [-0.39, 0.29) is 6.03 Å². The molecule has 0 saturated carbocycles. The third-order valence-electron chi connectivity index (χ3n) is 3.69. The molecule has 1 aromatic heterocycles. The molecule has 1 fully saturated rings. The van der Waals surface area contributed by atoms with Gasteiger partial charge in [0.05, 0.1) is 0 Å². The molecule has 2 heterocycles. The van der Waals surface area contributed by atoms with Gasteiger partial charge in [-0.1, -0.05) is 5.10 Å². The van der Waals surface area contributed by atoms with Crippen molar-refractivity contribution in [2.45, 2.75) is 6.42 Å². The van der Waals surface area contributed by atoms with Crippen molar-refractivity contribution < 1.29 is 9.21 Å². The summed E-state index contributed by atoms with van der Waals surface area (Å²) in [4.78, 5) is 15.9. The molecule has 1 aliphatic rings. The predicted octanol–water partition coefficient (Wildman–Crippen LogP) is 2.77. The van der Waals surface area contributed by atoms with Crippen LogP contribution in [0.5, 0.6) is 0 Å². The summed E-state index contributed by atoms with van der Waals surface area (Å²) in [7, 11) is 3.69. The molecule has 0 bridgehead atoms. The van der Waals surface area contributed by atoms with Crippen LogP contribution in [0, 0.1) is 0 Å². The minimum absolute atomic E-state index is 0.0436. The van der Waals surface area contributed by atoms with Crippen LogP contribution in [0.15, 0.2) is 28.7 Å². The van der Waals surface area contributed by atoms with E-state index >= 15 is 0 Å². The second kappa shape index (κ2) is 7.57. The normalized spacial score (nSPS) is 15.0. The summed E-state index contributed by atoms with van der Waals surface area (Å²) in [6, 6.07) is 7.83. The highest BCUT2D eigenvalue weighted by atomic mass is 32.2. The zero-order chi connectivity index (χ0) is 16.9. The molecule has 1 saturated heterocycles. The zero-order valence-corrected chi connectivity index (χ0v) is 14.7. The lowest BCUT2D eigenvalue weighted by molar-refractivity contribution is 0.216. The highest BCUT2D eigenvalue weighted by Crippen LogP contribution is 2.23. The number of amides is 2. The molecule has 0 spiro atoms. The van der Waals surface area contributed by atoms with Crippen molar-refractivity contribution in [1.29, 1.82) is 0 Å². The molecule has 1 N–H and O–H groups in total. The second-order valence-corrected chi connectivity index (χ2v) is 6.97. The van der Waals surface area contributed by atoms with Gasteiger partial charge in [0.25, 0.3) is 0 Å². The Kier molecular flexibility index (Phi) is 5.24. The first-order valence-electron chi connectivity index (χ1n) is 7.88. The fourth-order valence-electron chi connectivity index (χ4n) is 2.36. The number of aromatic nitrogens is 2. The molecular formula is C16H21N5O2S. The summed E-state index contributed by atoms with van der Waals surface area (Å²) >= 11 is 1.90. The van der Waals surface area contributed by atoms with E-state index in [0.29, 0.717) is 11.9 Å². The lowest BCUT2D eigenvalue weighted by Gasteiger charge is -2.20. The van der Waals surface area contributed by atoms with Crippen LogP contribution in [0.25, 0.3) is 11.5 Å². The lowest BCUT2D eigenvalue weighted by atomic mass is 10.2. The number of nitrogens with one attached hydrogen (secondary N) is 1. The number of urea groups is 1. The molecule has 0 unspecified atom stereocenters. The van der Waals surface area contributed by atoms with Crippen LogP contribution >= 0.6 is 11.8 Å². The van der Waals surface area contributed by atoms with Gasteiger partial charge in [0.1, 0.15) is 0 Å². The number of hydrogen-bond acceptors (Lipinski definition) is 6. The monoisotopic (exact) mass is 347 g/mol. The number of benzene rings is 1. The van der Waals surface area contributed by atoms with Gasteiger partial charge >= 0.3 is 12.0 Å². The maximum atomic E-state index is 12.3. The molecule has 2 aromatic rings. The van der Waals surface area contributed by atoms with E-state index in [0.717, 1.165) is 42.3 Å². The summed E-state index contributed by atoms with van der Waals surface area (Å²) in [5.74, 6) is 2.58. The van der Waals surface area contributed by atoms with Crippen LogP contribution in [0.3, 0.4) is 0 Å². The first kappa shape index (κ1) is 16.6. The van der Waals surface area contributed by atoms with Crippen LogP contribution in [0.2, 0.25) is 0 Å². The average molecular weight is 347 g/mol. The Morgan fingerprint density at radius 3 is 2.71 bits per heavy atom. The van der Waals surface area contributed by atoms with Crippen molar-refractivity contribution in [3.8, 4) is 11.5 Å². The fraction of sp³-hybridized carbons (Fsp3) is 0.438. The topological polar surface area (TPSA) is 74.5 Å². The Labute approximate surface area is 145 Å². The van der Waals surface area contributed by atoms with Gasteiger partial charge < -0.3 is 19.5 Å². The number of thioether (sulfide) groups is 1. The van der Waals surface area contributed by atoms with Crippen LogP contribution in [-0.2, 0) is 0 Å². The first-order valence-corrected chi connectivity index (χ1v) is 9.04. The minimum Gasteiger partial charge on any atom is -0.403 e.